The van der Waals surface area contributed by atoms with Crippen LogP contribution in [0.25, 0.3) is 16.9 Å². The molecule has 28 heavy (non-hydrogen) atoms. The zero-order chi connectivity index (χ0) is 20.1. The Bertz CT molecular complexity index is 975. The molecule has 144 valence electrons. The van der Waals surface area contributed by atoms with Gasteiger partial charge in [-0.25, -0.2) is 4.79 Å². The van der Waals surface area contributed by atoms with Crippen molar-refractivity contribution < 1.29 is 19.4 Å². The number of hydrogen-bond donors (Lipinski definition) is 0. The second-order valence-electron chi connectivity index (χ2n) is 6.19. The minimum Gasteiger partial charge on any atom is -0.550 e. The third-order valence-corrected chi connectivity index (χ3v) is 4.85. The van der Waals surface area contributed by atoms with Gasteiger partial charge in [0.2, 0.25) is 0 Å². The van der Waals surface area contributed by atoms with Crippen LogP contribution in [-0.2, 0) is 16.0 Å². The van der Waals surface area contributed by atoms with Gasteiger partial charge in [-0.05, 0) is 73.9 Å². The van der Waals surface area contributed by atoms with Gasteiger partial charge in [0.1, 0.15) is 0 Å². The Labute approximate surface area is 171 Å². The minimum atomic E-state index is -1.09. The van der Waals surface area contributed by atoms with E-state index in [0.29, 0.717) is 18.6 Å². The molecule has 2 aromatic carbocycles. The molecule has 1 aromatic heterocycles. The second kappa shape index (κ2) is 8.89. The van der Waals surface area contributed by atoms with E-state index < -0.39 is 5.97 Å². The van der Waals surface area contributed by atoms with Crippen molar-refractivity contribution in [2.45, 2.75) is 19.8 Å². The summed E-state index contributed by atoms with van der Waals surface area (Å²) in [5, 5.41) is 10.9. The lowest BCUT2D eigenvalue weighted by Gasteiger charge is -2.15. The van der Waals surface area contributed by atoms with Crippen LogP contribution in [0.4, 0.5) is 0 Å². The molecular formula is C22H19BrNO4-. The first-order valence-corrected chi connectivity index (χ1v) is 9.73. The van der Waals surface area contributed by atoms with E-state index in [1.54, 1.807) is 19.1 Å². The summed E-state index contributed by atoms with van der Waals surface area (Å²) in [5.41, 5.74) is 4.09. The third-order valence-electron chi connectivity index (χ3n) is 4.32. The van der Waals surface area contributed by atoms with E-state index in [4.69, 9.17) is 4.74 Å². The molecule has 6 heteroatoms. The summed E-state index contributed by atoms with van der Waals surface area (Å²) in [4.78, 5) is 22.8. The number of aryl methyl sites for hydroxylation is 1. The molecule has 0 spiro atoms. The number of carbonyl (C=O) groups is 2. The number of rotatable bonds is 7. The molecule has 3 aromatic rings. The van der Waals surface area contributed by atoms with Crippen LogP contribution in [-0.4, -0.2) is 23.1 Å². The van der Waals surface area contributed by atoms with Crippen LogP contribution < -0.4 is 5.11 Å². The molecular weight excluding hydrogens is 422 g/mol. The highest BCUT2D eigenvalue weighted by atomic mass is 79.9. The van der Waals surface area contributed by atoms with E-state index in [1.807, 2.05) is 53.1 Å². The Balaban J connectivity index is 2.03. The van der Waals surface area contributed by atoms with Crippen molar-refractivity contribution >= 4 is 27.9 Å². The zero-order valence-corrected chi connectivity index (χ0v) is 16.9. The molecule has 0 atom stereocenters. The van der Waals surface area contributed by atoms with Crippen molar-refractivity contribution in [1.82, 2.24) is 4.57 Å². The lowest BCUT2D eigenvalue weighted by atomic mass is 10.1. The zero-order valence-electron chi connectivity index (χ0n) is 15.4. The number of halogens is 1. The first-order valence-electron chi connectivity index (χ1n) is 8.93. The number of benzene rings is 2. The largest absolute Gasteiger partial charge is 0.550 e. The van der Waals surface area contributed by atoms with E-state index in [0.717, 1.165) is 27.1 Å². The van der Waals surface area contributed by atoms with Crippen molar-refractivity contribution in [1.29, 1.82) is 0 Å². The lowest BCUT2D eigenvalue weighted by Crippen LogP contribution is -2.22. The molecule has 0 fully saturated rings. The van der Waals surface area contributed by atoms with Gasteiger partial charge in [0.05, 0.1) is 17.9 Å². The normalized spacial score (nSPS) is 10.6. The topological polar surface area (TPSA) is 71.4 Å². The summed E-state index contributed by atoms with van der Waals surface area (Å²) >= 11 is 3.44. The number of aliphatic carboxylic acids is 1. The van der Waals surface area contributed by atoms with Crippen molar-refractivity contribution in [3.63, 3.8) is 0 Å². The fourth-order valence-electron chi connectivity index (χ4n) is 3.02. The molecule has 0 aliphatic carbocycles. The van der Waals surface area contributed by atoms with Crippen LogP contribution in [0.2, 0.25) is 0 Å². The predicted molar refractivity (Wildman–Crippen MR) is 108 cm³/mol. The van der Waals surface area contributed by atoms with Gasteiger partial charge in [-0.1, -0.05) is 28.1 Å². The van der Waals surface area contributed by atoms with Gasteiger partial charge in [0.15, 0.2) is 0 Å². The Hall–Kier alpha value is -2.86. The van der Waals surface area contributed by atoms with Crippen molar-refractivity contribution in [3.05, 3.63) is 76.4 Å². The summed E-state index contributed by atoms with van der Waals surface area (Å²) < 4.78 is 8.01. The summed E-state index contributed by atoms with van der Waals surface area (Å²) in [5.74, 6) is -1.46. The molecule has 0 unspecified atom stereocenters. The first-order chi connectivity index (χ1) is 13.5. The fourth-order valence-corrected chi connectivity index (χ4v) is 3.28. The van der Waals surface area contributed by atoms with Crippen LogP contribution in [0, 0.1) is 0 Å². The van der Waals surface area contributed by atoms with Gasteiger partial charge >= 0.3 is 5.97 Å². The highest BCUT2D eigenvalue weighted by molar-refractivity contribution is 9.10. The van der Waals surface area contributed by atoms with Crippen LogP contribution in [0.3, 0.4) is 0 Å². The lowest BCUT2D eigenvalue weighted by molar-refractivity contribution is -0.305. The minimum absolute atomic E-state index is 0.0648. The Kier molecular flexibility index (Phi) is 6.31. The number of carboxylic acids is 1. The molecule has 5 nitrogen and oxygen atoms in total. The molecule has 0 aliphatic rings. The second-order valence-corrected chi connectivity index (χ2v) is 7.11. The molecule has 1 heterocycles. The number of nitrogens with zero attached hydrogens (tertiary/aromatic N) is 1. The molecule has 0 N–H and O–H groups in total. The highest BCUT2D eigenvalue weighted by Crippen LogP contribution is 2.28. The van der Waals surface area contributed by atoms with Crippen LogP contribution in [0.1, 0.15) is 29.4 Å². The van der Waals surface area contributed by atoms with Gasteiger partial charge in [-0.3, -0.25) is 0 Å². The molecule has 0 amide bonds. The van der Waals surface area contributed by atoms with E-state index in [9.17, 15) is 14.7 Å². The number of carboxylic acid groups (broad SMARTS) is 1. The van der Waals surface area contributed by atoms with Crippen LogP contribution >= 0.6 is 15.9 Å². The van der Waals surface area contributed by atoms with Crippen LogP contribution in [0.5, 0.6) is 0 Å². The van der Waals surface area contributed by atoms with Crippen molar-refractivity contribution in [2.75, 3.05) is 6.61 Å². The average Bonchev–Trinajstić information content (AvgIpc) is 3.11. The third kappa shape index (κ3) is 4.51. The molecule has 0 aliphatic heterocycles. The van der Waals surface area contributed by atoms with Gasteiger partial charge < -0.3 is 19.2 Å². The van der Waals surface area contributed by atoms with E-state index in [1.165, 1.54) is 0 Å². The molecule has 0 saturated heterocycles. The monoisotopic (exact) mass is 440 g/mol. The number of esters is 1. The maximum atomic E-state index is 11.9. The Morgan fingerprint density at radius 2 is 1.68 bits per heavy atom. The SMILES string of the molecule is CCOC(=O)c1ccc(-n2c(CCC(=O)[O-])ccc2-c2ccc(Br)cc2)cc1. The van der Waals surface area contributed by atoms with E-state index >= 15 is 0 Å². The number of carbonyl (C=O) groups excluding carboxylic acids is 2. The smallest absolute Gasteiger partial charge is 0.338 e. The first kappa shape index (κ1) is 19.9. The van der Waals surface area contributed by atoms with Gasteiger partial charge in [0.25, 0.3) is 0 Å². The summed E-state index contributed by atoms with van der Waals surface area (Å²) in [7, 11) is 0. The molecule has 3 rings (SSSR count). The number of hydrogen-bond acceptors (Lipinski definition) is 4. The van der Waals surface area contributed by atoms with Crippen molar-refractivity contribution in [3.8, 4) is 16.9 Å². The standard InChI is InChI=1S/C22H20BrNO4/c1-2-28-22(27)16-5-9-18(10-6-16)24-19(12-14-21(25)26)11-13-20(24)15-3-7-17(23)8-4-15/h3-11,13H,2,12,14H2,1H3,(H,25,26)/p-1. The fraction of sp³-hybridized carbons (Fsp3) is 0.182. The summed E-state index contributed by atoms with van der Waals surface area (Å²) in [6.45, 7) is 2.08. The predicted octanol–water partition coefficient (Wildman–Crippen LogP) is 3.77. The van der Waals surface area contributed by atoms with Gasteiger partial charge in [-0.15, -0.1) is 0 Å². The number of aromatic nitrogens is 1. The van der Waals surface area contributed by atoms with Crippen molar-refractivity contribution in [2.24, 2.45) is 0 Å². The van der Waals surface area contributed by atoms with E-state index in [-0.39, 0.29) is 12.4 Å². The van der Waals surface area contributed by atoms with E-state index in [2.05, 4.69) is 15.9 Å². The van der Waals surface area contributed by atoms with Gasteiger partial charge in [0, 0.05) is 21.8 Å². The Morgan fingerprint density at radius 3 is 2.29 bits per heavy atom. The van der Waals surface area contributed by atoms with Crippen LogP contribution in [0.15, 0.2) is 65.1 Å². The maximum Gasteiger partial charge on any atom is 0.338 e. The summed E-state index contributed by atoms with van der Waals surface area (Å²) in [6, 6.07) is 18.9. The number of ether oxygens (including phenoxy) is 1. The summed E-state index contributed by atoms with van der Waals surface area (Å²) in [6.07, 6.45) is 0.281. The molecule has 0 bridgehead atoms. The quantitative estimate of drug-likeness (QED) is 0.524. The Morgan fingerprint density at radius 1 is 1.00 bits per heavy atom. The average molecular weight is 441 g/mol. The van der Waals surface area contributed by atoms with Gasteiger partial charge in [-0.2, -0.15) is 0 Å². The molecule has 0 saturated carbocycles. The molecule has 0 radical (unpaired) electrons. The highest BCUT2D eigenvalue weighted by Gasteiger charge is 2.13. The maximum absolute atomic E-state index is 11.9.